The average Bonchev–Trinajstić information content (AvgIpc) is 3.14. The van der Waals surface area contributed by atoms with E-state index in [0.29, 0.717) is 18.0 Å². The Balaban J connectivity index is 1.46. The van der Waals surface area contributed by atoms with Gasteiger partial charge in [0.05, 0.1) is 6.61 Å². The zero-order valence-corrected chi connectivity index (χ0v) is 15.7. The second-order valence-corrected chi connectivity index (χ2v) is 7.09. The highest BCUT2D eigenvalue weighted by atomic mass is 16.7. The number of nitrogens with zero attached hydrogens (tertiary/aromatic N) is 1. The fraction of sp³-hybridized carbons (Fsp3) is 0.381. The van der Waals surface area contributed by atoms with Crippen molar-refractivity contribution in [3.8, 4) is 17.2 Å². The molecule has 0 radical (unpaired) electrons. The fourth-order valence-corrected chi connectivity index (χ4v) is 3.58. The predicted octanol–water partition coefficient (Wildman–Crippen LogP) is 2.66. The van der Waals surface area contributed by atoms with E-state index in [1.807, 2.05) is 49.3 Å². The maximum absolute atomic E-state index is 12.9. The van der Waals surface area contributed by atoms with Gasteiger partial charge in [0.2, 0.25) is 12.7 Å². The molecular weight excluding hydrogens is 344 g/mol. The van der Waals surface area contributed by atoms with Crippen molar-refractivity contribution in [1.82, 2.24) is 10.2 Å². The Morgan fingerprint density at radius 3 is 2.74 bits per heavy atom. The van der Waals surface area contributed by atoms with Crippen molar-refractivity contribution in [3.63, 3.8) is 0 Å². The van der Waals surface area contributed by atoms with Gasteiger partial charge in [-0.2, -0.15) is 0 Å². The molecule has 0 aromatic heterocycles. The average molecular weight is 368 g/mol. The quantitative estimate of drug-likeness (QED) is 0.879. The SMILES string of the molecule is CN(C)C(C(=O)NCc1ccc2c(c1)CCCO2)c1ccc2c(c1)OCO2. The van der Waals surface area contributed by atoms with E-state index >= 15 is 0 Å². The maximum atomic E-state index is 12.9. The van der Waals surface area contributed by atoms with Crippen molar-refractivity contribution in [3.05, 3.63) is 53.1 Å². The van der Waals surface area contributed by atoms with Crippen LogP contribution in [0, 0.1) is 0 Å². The Morgan fingerprint density at radius 1 is 1.07 bits per heavy atom. The molecule has 1 amide bonds. The number of benzene rings is 2. The largest absolute Gasteiger partial charge is 0.493 e. The topological polar surface area (TPSA) is 60.0 Å². The summed E-state index contributed by atoms with van der Waals surface area (Å²) in [6.45, 7) is 1.49. The second kappa shape index (κ2) is 7.48. The molecule has 27 heavy (non-hydrogen) atoms. The number of hydrogen-bond donors (Lipinski definition) is 1. The van der Waals surface area contributed by atoms with Crippen LogP contribution < -0.4 is 19.5 Å². The van der Waals surface area contributed by atoms with Gasteiger partial charge in [-0.15, -0.1) is 0 Å². The summed E-state index contributed by atoms with van der Waals surface area (Å²) in [5.41, 5.74) is 3.17. The molecule has 0 saturated heterocycles. The van der Waals surface area contributed by atoms with Crippen LogP contribution in [0.1, 0.15) is 29.2 Å². The summed E-state index contributed by atoms with van der Waals surface area (Å²) in [7, 11) is 3.79. The number of aryl methyl sites for hydroxylation is 1. The summed E-state index contributed by atoms with van der Waals surface area (Å²) >= 11 is 0. The van der Waals surface area contributed by atoms with Gasteiger partial charge in [0.15, 0.2) is 11.5 Å². The molecule has 142 valence electrons. The molecule has 0 fully saturated rings. The molecule has 2 aliphatic rings. The van der Waals surface area contributed by atoms with Crippen LogP contribution in [0.25, 0.3) is 0 Å². The maximum Gasteiger partial charge on any atom is 0.242 e. The van der Waals surface area contributed by atoms with E-state index in [-0.39, 0.29) is 12.7 Å². The standard InChI is InChI=1S/C21H24N2O4/c1-23(2)20(16-6-8-18-19(11-16)27-13-26-18)21(24)22-12-14-5-7-17-15(10-14)4-3-9-25-17/h5-8,10-11,20H,3-4,9,12-13H2,1-2H3,(H,22,24). The molecule has 1 unspecified atom stereocenters. The van der Waals surface area contributed by atoms with Crippen LogP contribution in [0.15, 0.2) is 36.4 Å². The summed E-state index contributed by atoms with van der Waals surface area (Å²) in [5.74, 6) is 2.31. The van der Waals surface area contributed by atoms with Gasteiger partial charge < -0.3 is 19.5 Å². The third kappa shape index (κ3) is 3.71. The minimum Gasteiger partial charge on any atom is -0.493 e. The highest BCUT2D eigenvalue weighted by molar-refractivity contribution is 5.83. The Bertz CT molecular complexity index is 850. The lowest BCUT2D eigenvalue weighted by atomic mass is 10.0. The number of amides is 1. The highest BCUT2D eigenvalue weighted by Gasteiger charge is 2.25. The molecule has 0 aliphatic carbocycles. The first kappa shape index (κ1) is 17.7. The third-order valence-electron chi connectivity index (χ3n) is 4.92. The molecule has 1 atom stereocenters. The molecule has 4 rings (SSSR count). The molecule has 1 N–H and O–H groups in total. The smallest absolute Gasteiger partial charge is 0.242 e. The minimum absolute atomic E-state index is 0.0483. The first-order valence-corrected chi connectivity index (χ1v) is 9.20. The minimum atomic E-state index is -0.402. The molecule has 0 bridgehead atoms. The molecule has 6 heteroatoms. The van der Waals surface area contributed by atoms with Crippen LogP contribution in [-0.4, -0.2) is 38.3 Å². The van der Waals surface area contributed by atoms with Crippen molar-refractivity contribution in [2.75, 3.05) is 27.5 Å². The number of nitrogens with one attached hydrogen (secondary N) is 1. The lowest BCUT2D eigenvalue weighted by molar-refractivity contribution is -0.125. The van der Waals surface area contributed by atoms with Gasteiger partial charge in [-0.1, -0.05) is 18.2 Å². The van der Waals surface area contributed by atoms with Crippen molar-refractivity contribution in [1.29, 1.82) is 0 Å². The van der Waals surface area contributed by atoms with Crippen molar-refractivity contribution in [2.45, 2.75) is 25.4 Å². The third-order valence-corrected chi connectivity index (χ3v) is 4.92. The summed E-state index contributed by atoms with van der Waals surface area (Å²) in [4.78, 5) is 14.8. The lowest BCUT2D eigenvalue weighted by Crippen LogP contribution is -2.36. The molecular formula is C21H24N2O4. The van der Waals surface area contributed by atoms with Crippen LogP contribution in [-0.2, 0) is 17.8 Å². The fourth-order valence-electron chi connectivity index (χ4n) is 3.58. The Kier molecular flexibility index (Phi) is 4.90. The molecule has 2 aliphatic heterocycles. The summed E-state index contributed by atoms with van der Waals surface area (Å²) in [6, 6.07) is 11.4. The van der Waals surface area contributed by atoms with Gasteiger partial charge >= 0.3 is 0 Å². The Labute approximate surface area is 159 Å². The number of hydrogen-bond acceptors (Lipinski definition) is 5. The van der Waals surface area contributed by atoms with E-state index in [2.05, 4.69) is 11.4 Å². The van der Waals surface area contributed by atoms with E-state index in [1.54, 1.807) is 0 Å². The highest BCUT2D eigenvalue weighted by Crippen LogP contribution is 2.35. The molecule has 2 heterocycles. The molecule has 2 aromatic rings. The van der Waals surface area contributed by atoms with E-state index in [4.69, 9.17) is 14.2 Å². The summed E-state index contributed by atoms with van der Waals surface area (Å²) < 4.78 is 16.5. The van der Waals surface area contributed by atoms with E-state index < -0.39 is 6.04 Å². The lowest BCUT2D eigenvalue weighted by Gasteiger charge is -2.24. The van der Waals surface area contributed by atoms with Crippen LogP contribution in [0.4, 0.5) is 0 Å². The van der Waals surface area contributed by atoms with Crippen molar-refractivity contribution in [2.24, 2.45) is 0 Å². The zero-order valence-electron chi connectivity index (χ0n) is 15.7. The van der Waals surface area contributed by atoms with E-state index in [9.17, 15) is 4.79 Å². The number of carbonyl (C=O) groups is 1. The zero-order chi connectivity index (χ0) is 18.8. The van der Waals surface area contributed by atoms with Crippen LogP contribution in [0.5, 0.6) is 17.2 Å². The van der Waals surface area contributed by atoms with Crippen LogP contribution in [0.2, 0.25) is 0 Å². The predicted molar refractivity (Wildman–Crippen MR) is 101 cm³/mol. The normalized spacial score (nSPS) is 15.8. The molecule has 6 nitrogen and oxygen atoms in total. The first-order valence-electron chi connectivity index (χ1n) is 9.20. The number of fused-ring (bicyclic) bond motifs is 2. The first-order chi connectivity index (χ1) is 13.1. The number of likely N-dealkylation sites (N-methyl/N-ethyl adjacent to an activating group) is 1. The number of rotatable bonds is 5. The molecule has 0 spiro atoms. The second-order valence-electron chi connectivity index (χ2n) is 7.09. The van der Waals surface area contributed by atoms with Gasteiger partial charge in [-0.25, -0.2) is 0 Å². The van der Waals surface area contributed by atoms with E-state index in [1.165, 1.54) is 5.56 Å². The molecule has 2 aromatic carbocycles. The van der Waals surface area contributed by atoms with Gasteiger partial charge in [0, 0.05) is 6.54 Å². The van der Waals surface area contributed by atoms with Gasteiger partial charge in [0.1, 0.15) is 11.8 Å². The van der Waals surface area contributed by atoms with Crippen LogP contribution >= 0.6 is 0 Å². The number of carbonyl (C=O) groups excluding carboxylic acids is 1. The van der Waals surface area contributed by atoms with Crippen molar-refractivity contribution >= 4 is 5.91 Å². The van der Waals surface area contributed by atoms with Gasteiger partial charge in [0.25, 0.3) is 0 Å². The number of ether oxygens (including phenoxy) is 3. The Morgan fingerprint density at radius 2 is 1.89 bits per heavy atom. The van der Waals surface area contributed by atoms with Crippen molar-refractivity contribution < 1.29 is 19.0 Å². The Hall–Kier alpha value is -2.73. The molecule has 0 saturated carbocycles. The summed E-state index contributed by atoms with van der Waals surface area (Å²) in [6.07, 6.45) is 2.06. The monoisotopic (exact) mass is 368 g/mol. The van der Waals surface area contributed by atoms with Gasteiger partial charge in [-0.05, 0) is 61.8 Å². The van der Waals surface area contributed by atoms with Crippen LogP contribution in [0.3, 0.4) is 0 Å². The van der Waals surface area contributed by atoms with Gasteiger partial charge in [-0.3, -0.25) is 9.69 Å². The summed E-state index contributed by atoms with van der Waals surface area (Å²) in [5, 5.41) is 3.06. The van der Waals surface area contributed by atoms with E-state index in [0.717, 1.165) is 36.3 Å².